The van der Waals surface area contributed by atoms with Gasteiger partial charge in [0, 0.05) is 36.9 Å². The van der Waals surface area contributed by atoms with Crippen molar-refractivity contribution in [2.75, 3.05) is 18.0 Å². The summed E-state index contributed by atoms with van der Waals surface area (Å²) in [5.74, 6) is 0.895. The van der Waals surface area contributed by atoms with Gasteiger partial charge in [0.25, 0.3) is 0 Å². The number of aryl methyl sites for hydroxylation is 1. The summed E-state index contributed by atoms with van der Waals surface area (Å²) in [5, 5.41) is 7.45. The summed E-state index contributed by atoms with van der Waals surface area (Å²) in [6, 6.07) is 18.6. The standard InChI is InChI=1S/C27H30N6O/c1-18-4-6-19(7-5-18)13-29-26(34)22-14-32(15-22)25-24-12-21(16-33(24)31-17-30-25)20-8-10-23(11-9-20)27(2,3)28/h4-12,16-17,22H,13-15,28H2,1-3H3,(H,29,34). The van der Waals surface area contributed by atoms with Crippen molar-refractivity contribution in [3.8, 4) is 11.1 Å². The van der Waals surface area contributed by atoms with Gasteiger partial charge in [-0.3, -0.25) is 4.79 Å². The Morgan fingerprint density at radius 1 is 1.09 bits per heavy atom. The minimum Gasteiger partial charge on any atom is -0.353 e. The minimum absolute atomic E-state index is 0.0398. The molecular formula is C27H30N6O. The van der Waals surface area contributed by atoms with Crippen molar-refractivity contribution in [1.29, 1.82) is 0 Å². The van der Waals surface area contributed by atoms with E-state index in [0.717, 1.165) is 33.6 Å². The second-order valence-electron chi connectivity index (χ2n) is 9.75. The first-order chi connectivity index (χ1) is 16.3. The highest BCUT2D eigenvalue weighted by Gasteiger charge is 2.34. The molecule has 0 spiro atoms. The third-order valence-electron chi connectivity index (χ3n) is 6.49. The molecule has 0 bridgehead atoms. The fraction of sp³-hybridized carbons (Fsp3) is 0.296. The first-order valence-electron chi connectivity index (χ1n) is 11.6. The van der Waals surface area contributed by atoms with Crippen molar-refractivity contribution in [2.24, 2.45) is 11.7 Å². The lowest BCUT2D eigenvalue weighted by atomic mass is 9.94. The molecule has 1 amide bonds. The Morgan fingerprint density at radius 3 is 2.47 bits per heavy atom. The fourth-order valence-electron chi connectivity index (χ4n) is 4.27. The zero-order chi connectivity index (χ0) is 23.9. The van der Waals surface area contributed by atoms with Gasteiger partial charge in [0.2, 0.25) is 5.91 Å². The van der Waals surface area contributed by atoms with E-state index in [1.807, 2.05) is 24.6 Å². The highest BCUT2D eigenvalue weighted by Crippen LogP contribution is 2.31. The summed E-state index contributed by atoms with van der Waals surface area (Å²) in [5.41, 5.74) is 12.3. The molecule has 7 nitrogen and oxygen atoms in total. The molecule has 5 rings (SSSR count). The largest absolute Gasteiger partial charge is 0.353 e. The average molecular weight is 455 g/mol. The Hall–Kier alpha value is -3.71. The number of nitrogens with one attached hydrogen (secondary N) is 1. The maximum Gasteiger partial charge on any atom is 0.226 e. The Bertz CT molecular complexity index is 1310. The lowest BCUT2D eigenvalue weighted by Gasteiger charge is -2.39. The van der Waals surface area contributed by atoms with Crippen molar-refractivity contribution >= 4 is 17.2 Å². The van der Waals surface area contributed by atoms with Crippen LogP contribution in [0.4, 0.5) is 5.82 Å². The van der Waals surface area contributed by atoms with Crippen LogP contribution < -0.4 is 16.0 Å². The van der Waals surface area contributed by atoms with Crippen LogP contribution in [0.3, 0.4) is 0 Å². The number of benzene rings is 2. The maximum atomic E-state index is 12.6. The molecule has 2 aromatic carbocycles. The van der Waals surface area contributed by atoms with E-state index in [2.05, 4.69) is 81.8 Å². The first kappa shape index (κ1) is 22.1. The molecule has 1 aliphatic heterocycles. The van der Waals surface area contributed by atoms with Crippen molar-refractivity contribution < 1.29 is 4.79 Å². The zero-order valence-corrected chi connectivity index (χ0v) is 19.8. The van der Waals surface area contributed by atoms with E-state index >= 15 is 0 Å². The molecule has 34 heavy (non-hydrogen) atoms. The Labute approximate surface area is 199 Å². The van der Waals surface area contributed by atoms with Crippen molar-refractivity contribution in [3.05, 3.63) is 83.8 Å². The monoisotopic (exact) mass is 454 g/mol. The van der Waals surface area contributed by atoms with Crippen LogP contribution >= 0.6 is 0 Å². The van der Waals surface area contributed by atoms with E-state index in [1.54, 1.807) is 6.33 Å². The van der Waals surface area contributed by atoms with E-state index in [-0.39, 0.29) is 17.4 Å². The van der Waals surface area contributed by atoms with Crippen LogP contribution in [0.5, 0.6) is 0 Å². The third kappa shape index (κ3) is 4.39. The lowest BCUT2D eigenvalue weighted by molar-refractivity contribution is -0.125. The predicted molar refractivity (Wildman–Crippen MR) is 134 cm³/mol. The van der Waals surface area contributed by atoms with Crippen LogP contribution in [0.2, 0.25) is 0 Å². The van der Waals surface area contributed by atoms with E-state index in [0.29, 0.717) is 19.6 Å². The number of hydrogen-bond donors (Lipinski definition) is 2. The summed E-state index contributed by atoms with van der Waals surface area (Å²) in [6.45, 7) is 7.90. The number of nitrogens with zero attached hydrogens (tertiary/aromatic N) is 4. The predicted octanol–water partition coefficient (Wildman–Crippen LogP) is 3.65. The Morgan fingerprint density at radius 2 is 1.79 bits per heavy atom. The molecule has 174 valence electrons. The minimum atomic E-state index is -0.372. The number of fused-ring (bicyclic) bond motifs is 1. The number of nitrogens with two attached hydrogens (primary N) is 1. The van der Waals surface area contributed by atoms with Crippen LogP contribution in [0.1, 0.15) is 30.5 Å². The van der Waals surface area contributed by atoms with Gasteiger partial charge < -0.3 is 16.0 Å². The SMILES string of the molecule is Cc1ccc(CNC(=O)C2CN(c3ncnn4cc(-c5ccc(C(C)(C)N)cc5)cc34)C2)cc1. The normalized spacial score (nSPS) is 14.3. The van der Waals surface area contributed by atoms with Crippen molar-refractivity contribution in [1.82, 2.24) is 19.9 Å². The molecule has 0 aliphatic carbocycles. The van der Waals surface area contributed by atoms with E-state index in [1.165, 1.54) is 5.56 Å². The number of carbonyl (C=O) groups excluding carboxylic acids is 1. The number of aromatic nitrogens is 3. The summed E-state index contributed by atoms with van der Waals surface area (Å²) < 4.78 is 1.85. The summed E-state index contributed by atoms with van der Waals surface area (Å²) >= 11 is 0. The van der Waals surface area contributed by atoms with Crippen LogP contribution in [-0.2, 0) is 16.9 Å². The molecule has 3 heterocycles. The molecule has 7 heteroatoms. The average Bonchev–Trinajstić information content (AvgIpc) is 3.22. The van der Waals surface area contributed by atoms with Crippen LogP contribution in [0.25, 0.3) is 16.6 Å². The molecular weight excluding hydrogens is 424 g/mol. The van der Waals surface area contributed by atoms with Crippen LogP contribution in [-0.4, -0.2) is 33.6 Å². The molecule has 0 saturated carbocycles. The first-order valence-corrected chi connectivity index (χ1v) is 11.6. The smallest absolute Gasteiger partial charge is 0.226 e. The maximum absolute atomic E-state index is 12.6. The van der Waals surface area contributed by atoms with Gasteiger partial charge in [0.1, 0.15) is 11.8 Å². The highest BCUT2D eigenvalue weighted by atomic mass is 16.2. The molecule has 2 aromatic heterocycles. The number of hydrogen-bond acceptors (Lipinski definition) is 5. The molecule has 1 aliphatic rings. The second-order valence-corrected chi connectivity index (χ2v) is 9.75. The molecule has 3 N–H and O–H groups in total. The van der Waals surface area contributed by atoms with Gasteiger partial charge in [-0.15, -0.1) is 0 Å². The quantitative estimate of drug-likeness (QED) is 0.464. The van der Waals surface area contributed by atoms with Crippen LogP contribution in [0, 0.1) is 12.8 Å². The molecule has 0 radical (unpaired) electrons. The molecule has 0 atom stereocenters. The lowest BCUT2D eigenvalue weighted by Crippen LogP contribution is -2.54. The Kier molecular flexibility index (Phi) is 5.57. The molecule has 0 unspecified atom stereocenters. The molecule has 1 saturated heterocycles. The number of rotatable bonds is 6. The Balaban J connectivity index is 1.26. The second kappa shape index (κ2) is 8.57. The molecule has 1 fully saturated rings. The van der Waals surface area contributed by atoms with E-state index in [4.69, 9.17) is 5.73 Å². The van der Waals surface area contributed by atoms with E-state index in [9.17, 15) is 4.79 Å². The molecule has 4 aromatic rings. The van der Waals surface area contributed by atoms with E-state index < -0.39 is 0 Å². The zero-order valence-electron chi connectivity index (χ0n) is 19.8. The van der Waals surface area contributed by atoms with Crippen molar-refractivity contribution in [2.45, 2.75) is 32.9 Å². The van der Waals surface area contributed by atoms with Gasteiger partial charge in [-0.1, -0.05) is 54.1 Å². The fourth-order valence-corrected chi connectivity index (χ4v) is 4.27. The van der Waals surface area contributed by atoms with Gasteiger partial charge in [0.15, 0.2) is 5.82 Å². The van der Waals surface area contributed by atoms with Gasteiger partial charge in [0.05, 0.1) is 5.92 Å². The highest BCUT2D eigenvalue weighted by molar-refractivity contribution is 5.84. The summed E-state index contributed by atoms with van der Waals surface area (Å²) in [4.78, 5) is 19.3. The topological polar surface area (TPSA) is 88.5 Å². The third-order valence-corrected chi connectivity index (χ3v) is 6.49. The summed E-state index contributed by atoms with van der Waals surface area (Å²) in [6.07, 6.45) is 3.58. The number of anilines is 1. The van der Waals surface area contributed by atoms with Gasteiger partial charge in [-0.05, 0) is 43.5 Å². The van der Waals surface area contributed by atoms with Crippen LogP contribution in [0.15, 0.2) is 67.1 Å². The number of amides is 1. The van der Waals surface area contributed by atoms with Crippen molar-refractivity contribution in [3.63, 3.8) is 0 Å². The summed E-state index contributed by atoms with van der Waals surface area (Å²) in [7, 11) is 0. The number of carbonyl (C=O) groups is 1. The van der Waals surface area contributed by atoms with Gasteiger partial charge in [-0.2, -0.15) is 5.10 Å². The van der Waals surface area contributed by atoms with Gasteiger partial charge >= 0.3 is 0 Å². The van der Waals surface area contributed by atoms with Gasteiger partial charge in [-0.25, -0.2) is 9.50 Å².